The monoisotopic (exact) mass is 380 g/mol. The molecule has 0 bridgehead atoms. The van der Waals surface area contributed by atoms with Crippen LogP contribution in [-0.2, 0) is 14.3 Å². The maximum atomic E-state index is 12.4. The highest BCUT2D eigenvalue weighted by atomic mass is 16.6. The summed E-state index contributed by atoms with van der Waals surface area (Å²) in [4.78, 5) is 46.4. The van der Waals surface area contributed by atoms with Crippen molar-refractivity contribution in [2.45, 2.75) is 40.2 Å². The summed E-state index contributed by atoms with van der Waals surface area (Å²) >= 11 is 0. The van der Waals surface area contributed by atoms with E-state index in [9.17, 15) is 19.2 Å². The van der Waals surface area contributed by atoms with Gasteiger partial charge in [-0.25, -0.2) is 4.79 Å². The first-order chi connectivity index (χ1) is 12.5. The molecule has 0 aliphatic carbocycles. The molecule has 0 spiro atoms. The number of rotatable bonds is 6. The van der Waals surface area contributed by atoms with Gasteiger partial charge in [-0.2, -0.15) is 0 Å². The van der Waals surface area contributed by atoms with E-state index in [0.717, 1.165) is 6.92 Å². The number of ether oxygens (including phenoxy) is 3. The van der Waals surface area contributed by atoms with Crippen molar-refractivity contribution < 1.29 is 33.4 Å². The van der Waals surface area contributed by atoms with E-state index in [1.807, 2.05) is 0 Å². The lowest BCUT2D eigenvalue weighted by Gasteiger charge is -2.19. The van der Waals surface area contributed by atoms with Gasteiger partial charge in [0, 0.05) is 26.9 Å². The van der Waals surface area contributed by atoms with E-state index in [1.165, 1.54) is 25.1 Å². The number of carbonyl (C=O) groups excluding carboxylic acids is 4. The van der Waals surface area contributed by atoms with Crippen LogP contribution in [0.25, 0.3) is 0 Å². The third-order valence-electron chi connectivity index (χ3n) is 2.80. The molecule has 0 aliphatic rings. The molecule has 0 radical (unpaired) electrons. The Morgan fingerprint density at radius 1 is 0.926 bits per heavy atom. The summed E-state index contributed by atoms with van der Waals surface area (Å²) in [7, 11) is 0. The van der Waals surface area contributed by atoms with E-state index in [-0.39, 0.29) is 30.2 Å². The molecule has 0 aromatic heterocycles. The average molecular weight is 380 g/mol. The Kier molecular flexibility index (Phi) is 7.77. The van der Waals surface area contributed by atoms with E-state index >= 15 is 0 Å². The smallest absolute Gasteiger partial charge is 0.407 e. The molecular weight excluding hydrogens is 356 g/mol. The zero-order valence-electron chi connectivity index (χ0n) is 16.0. The Morgan fingerprint density at radius 3 is 2.07 bits per heavy atom. The first-order valence-corrected chi connectivity index (χ1v) is 8.24. The Morgan fingerprint density at radius 2 is 1.52 bits per heavy atom. The molecule has 1 rings (SSSR count). The van der Waals surface area contributed by atoms with E-state index in [4.69, 9.17) is 14.2 Å². The Bertz CT molecular complexity index is 723. The van der Waals surface area contributed by atoms with Crippen molar-refractivity contribution in [1.29, 1.82) is 0 Å². The van der Waals surface area contributed by atoms with Crippen molar-refractivity contribution in [3.63, 3.8) is 0 Å². The van der Waals surface area contributed by atoms with Gasteiger partial charge in [0.2, 0.25) is 0 Å². The van der Waals surface area contributed by atoms with Crippen molar-refractivity contribution >= 4 is 23.9 Å². The quantitative estimate of drug-likeness (QED) is 0.438. The molecule has 2 N–H and O–H groups in total. The largest absolute Gasteiger partial charge is 0.444 e. The van der Waals surface area contributed by atoms with Gasteiger partial charge in [-0.3, -0.25) is 14.4 Å². The maximum Gasteiger partial charge on any atom is 0.407 e. The van der Waals surface area contributed by atoms with Crippen LogP contribution < -0.4 is 20.1 Å². The Labute approximate surface area is 157 Å². The first kappa shape index (κ1) is 21.9. The van der Waals surface area contributed by atoms with Gasteiger partial charge in [-0.1, -0.05) is 6.07 Å². The lowest BCUT2D eigenvalue weighted by atomic mass is 10.1. The van der Waals surface area contributed by atoms with Gasteiger partial charge in [-0.15, -0.1) is 0 Å². The highest BCUT2D eigenvalue weighted by molar-refractivity contribution is 5.98. The van der Waals surface area contributed by atoms with Crippen LogP contribution in [0.5, 0.6) is 11.5 Å². The number of para-hydroxylation sites is 1. The summed E-state index contributed by atoms with van der Waals surface area (Å²) in [5.74, 6) is -2.06. The van der Waals surface area contributed by atoms with E-state index < -0.39 is 29.5 Å². The summed E-state index contributed by atoms with van der Waals surface area (Å²) in [6, 6.07) is 4.31. The third kappa shape index (κ3) is 8.21. The first-order valence-electron chi connectivity index (χ1n) is 8.24. The second kappa shape index (κ2) is 9.56. The number of benzene rings is 1. The fraction of sp³-hybridized carbons (Fsp3) is 0.444. The van der Waals surface area contributed by atoms with E-state index in [0.29, 0.717) is 0 Å². The fourth-order valence-electron chi connectivity index (χ4n) is 1.93. The van der Waals surface area contributed by atoms with Gasteiger partial charge in [0.15, 0.2) is 11.5 Å². The van der Waals surface area contributed by atoms with Crippen molar-refractivity contribution in [1.82, 2.24) is 10.6 Å². The molecule has 9 nitrogen and oxygen atoms in total. The van der Waals surface area contributed by atoms with Gasteiger partial charge in [0.05, 0.1) is 5.56 Å². The second-order valence-corrected chi connectivity index (χ2v) is 6.50. The second-order valence-electron chi connectivity index (χ2n) is 6.50. The molecule has 0 aliphatic heterocycles. The molecule has 0 saturated carbocycles. The maximum absolute atomic E-state index is 12.4. The Hall–Kier alpha value is -3.10. The minimum atomic E-state index is -0.671. The molecule has 0 heterocycles. The number of amides is 2. The van der Waals surface area contributed by atoms with Crippen LogP contribution >= 0.6 is 0 Å². The molecular formula is C18H24N2O7. The standard InChI is InChI=1S/C18H24N2O7/c1-11(21)25-14-8-6-7-13(15(14)26-12(2)22)16(23)19-9-10-20-17(24)27-18(3,4)5/h6-8H,9-10H2,1-5H3,(H,19,23)(H,20,24). The molecule has 9 heteroatoms. The summed E-state index contributed by atoms with van der Waals surface area (Å²) in [6.45, 7) is 7.80. The number of carbonyl (C=O) groups is 4. The van der Waals surface area contributed by atoms with Crippen LogP contribution in [0.2, 0.25) is 0 Å². The average Bonchev–Trinajstić information content (AvgIpc) is 2.50. The molecule has 0 unspecified atom stereocenters. The number of hydrogen-bond acceptors (Lipinski definition) is 7. The lowest BCUT2D eigenvalue weighted by Crippen LogP contribution is -2.38. The number of hydrogen-bond donors (Lipinski definition) is 2. The predicted octanol–water partition coefficient (Wildman–Crippen LogP) is 1.79. The van der Waals surface area contributed by atoms with Gasteiger partial charge >= 0.3 is 18.0 Å². The summed E-state index contributed by atoms with van der Waals surface area (Å²) in [5.41, 5.74) is -0.607. The van der Waals surface area contributed by atoms with Gasteiger partial charge in [-0.05, 0) is 32.9 Å². The molecule has 27 heavy (non-hydrogen) atoms. The van der Waals surface area contributed by atoms with Crippen LogP contribution in [0.4, 0.5) is 4.79 Å². The number of nitrogens with one attached hydrogen (secondary N) is 2. The minimum absolute atomic E-state index is 0.0150. The van der Waals surface area contributed by atoms with Crippen molar-refractivity contribution in [3.8, 4) is 11.5 Å². The highest BCUT2D eigenvalue weighted by Gasteiger charge is 2.20. The topological polar surface area (TPSA) is 120 Å². The minimum Gasteiger partial charge on any atom is -0.444 e. The predicted molar refractivity (Wildman–Crippen MR) is 95.6 cm³/mol. The highest BCUT2D eigenvalue weighted by Crippen LogP contribution is 2.31. The van der Waals surface area contributed by atoms with Crippen LogP contribution in [0.3, 0.4) is 0 Å². The normalized spacial score (nSPS) is 10.6. The molecule has 0 saturated heterocycles. The molecule has 0 atom stereocenters. The van der Waals surface area contributed by atoms with E-state index in [1.54, 1.807) is 20.8 Å². The summed E-state index contributed by atoms with van der Waals surface area (Å²) in [5, 5.41) is 5.07. The molecule has 1 aromatic carbocycles. The molecule has 148 valence electrons. The zero-order valence-corrected chi connectivity index (χ0v) is 16.0. The summed E-state index contributed by atoms with van der Waals surface area (Å²) in [6.07, 6.45) is -0.603. The zero-order chi connectivity index (χ0) is 20.6. The lowest BCUT2D eigenvalue weighted by molar-refractivity contribution is -0.134. The molecule has 0 fully saturated rings. The van der Waals surface area contributed by atoms with Gasteiger partial charge in [0.1, 0.15) is 5.60 Å². The van der Waals surface area contributed by atoms with Crippen molar-refractivity contribution in [3.05, 3.63) is 23.8 Å². The third-order valence-corrected chi connectivity index (χ3v) is 2.80. The Balaban J connectivity index is 2.75. The molecule has 2 amide bonds. The van der Waals surface area contributed by atoms with Crippen LogP contribution in [0.15, 0.2) is 18.2 Å². The fourth-order valence-corrected chi connectivity index (χ4v) is 1.93. The van der Waals surface area contributed by atoms with Gasteiger partial charge in [0.25, 0.3) is 5.91 Å². The van der Waals surface area contributed by atoms with E-state index in [2.05, 4.69) is 10.6 Å². The van der Waals surface area contributed by atoms with Crippen LogP contribution in [-0.4, -0.2) is 42.6 Å². The van der Waals surface area contributed by atoms with Gasteiger partial charge < -0.3 is 24.8 Å². The number of esters is 2. The SMILES string of the molecule is CC(=O)Oc1cccc(C(=O)NCCNC(=O)OC(C)(C)C)c1OC(C)=O. The summed E-state index contributed by atoms with van der Waals surface area (Å²) < 4.78 is 15.1. The van der Waals surface area contributed by atoms with Crippen molar-refractivity contribution in [2.75, 3.05) is 13.1 Å². The molecule has 1 aromatic rings. The van der Waals surface area contributed by atoms with Crippen molar-refractivity contribution in [2.24, 2.45) is 0 Å². The van der Waals surface area contributed by atoms with Crippen LogP contribution in [0.1, 0.15) is 45.0 Å². The number of alkyl carbamates (subject to hydrolysis) is 1. The van der Waals surface area contributed by atoms with Crippen LogP contribution in [0, 0.1) is 0 Å².